The van der Waals surface area contributed by atoms with E-state index in [4.69, 9.17) is 21.4 Å². The molecule has 0 saturated carbocycles. The predicted octanol–water partition coefficient (Wildman–Crippen LogP) is 2.90. The fourth-order valence-corrected chi connectivity index (χ4v) is 2.50. The fraction of sp³-hybridized carbons (Fsp3) is 0.500. The van der Waals surface area contributed by atoms with E-state index in [0.29, 0.717) is 23.4 Å². The number of halogens is 1. The standard InChI is InChI=1S/C14H18ClNO3/c1-16-7-3-2-4-11(16)9-19-13-8-10(15)5-6-12(13)14(17)18/h5-6,8,11H,2-4,7,9H2,1H3,(H,17,18). The van der Waals surface area contributed by atoms with Crippen LogP contribution in [0.3, 0.4) is 0 Å². The maximum absolute atomic E-state index is 11.1. The Bertz CT molecular complexity index is 464. The molecule has 1 atom stereocenters. The molecule has 0 aromatic heterocycles. The van der Waals surface area contributed by atoms with Crippen LogP contribution >= 0.6 is 11.6 Å². The molecule has 1 aliphatic heterocycles. The topological polar surface area (TPSA) is 49.8 Å². The molecule has 5 heteroatoms. The van der Waals surface area contributed by atoms with Gasteiger partial charge in [-0.3, -0.25) is 0 Å². The average Bonchev–Trinajstić information content (AvgIpc) is 2.37. The van der Waals surface area contributed by atoms with Crippen LogP contribution in [0.25, 0.3) is 0 Å². The van der Waals surface area contributed by atoms with Crippen molar-refractivity contribution in [2.24, 2.45) is 0 Å². The number of rotatable bonds is 4. The third-order valence-corrected chi connectivity index (χ3v) is 3.76. The number of carboxylic acids is 1. The van der Waals surface area contributed by atoms with Crippen molar-refractivity contribution < 1.29 is 14.6 Å². The van der Waals surface area contributed by atoms with E-state index in [2.05, 4.69) is 11.9 Å². The molecule has 0 amide bonds. The van der Waals surface area contributed by atoms with Crippen molar-refractivity contribution in [3.05, 3.63) is 28.8 Å². The van der Waals surface area contributed by atoms with Gasteiger partial charge in [0.2, 0.25) is 0 Å². The molecule has 1 aromatic carbocycles. The van der Waals surface area contributed by atoms with Gasteiger partial charge >= 0.3 is 5.97 Å². The molecule has 104 valence electrons. The molecular weight excluding hydrogens is 266 g/mol. The van der Waals surface area contributed by atoms with Crippen LogP contribution in [0.15, 0.2) is 18.2 Å². The zero-order chi connectivity index (χ0) is 13.8. The lowest BCUT2D eigenvalue weighted by Crippen LogP contribution is -2.40. The summed E-state index contributed by atoms with van der Waals surface area (Å²) in [5.74, 6) is -0.650. The lowest BCUT2D eigenvalue weighted by atomic mass is 10.0. The first-order valence-corrected chi connectivity index (χ1v) is 6.81. The molecule has 0 spiro atoms. The molecule has 4 nitrogen and oxygen atoms in total. The number of ether oxygens (including phenoxy) is 1. The van der Waals surface area contributed by atoms with Crippen molar-refractivity contribution in [2.75, 3.05) is 20.2 Å². The average molecular weight is 284 g/mol. The zero-order valence-electron chi connectivity index (χ0n) is 10.9. The summed E-state index contributed by atoms with van der Waals surface area (Å²) >= 11 is 5.89. The molecule has 1 aromatic rings. The van der Waals surface area contributed by atoms with E-state index >= 15 is 0 Å². The second kappa shape index (κ2) is 6.26. The Hall–Kier alpha value is -1.26. The van der Waals surface area contributed by atoms with Crippen molar-refractivity contribution >= 4 is 17.6 Å². The Kier molecular flexibility index (Phi) is 4.66. The lowest BCUT2D eigenvalue weighted by molar-refractivity contribution is 0.0688. The van der Waals surface area contributed by atoms with Gasteiger partial charge in [0.05, 0.1) is 0 Å². The van der Waals surface area contributed by atoms with E-state index in [1.807, 2.05) is 0 Å². The van der Waals surface area contributed by atoms with Crippen molar-refractivity contribution in [2.45, 2.75) is 25.3 Å². The molecule has 1 N–H and O–H groups in total. The number of likely N-dealkylation sites (N-methyl/N-ethyl adjacent to an activating group) is 1. The van der Waals surface area contributed by atoms with Gasteiger partial charge in [0.15, 0.2) is 0 Å². The van der Waals surface area contributed by atoms with E-state index < -0.39 is 5.97 Å². The smallest absolute Gasteiger partial charge is 0.339 e. The third kappa shape index (κ3) is 3.61. The van der Waals surface area contributed by atoms with Gasteiger partial charge in [-0.05, 0) is 44.6 Å². The van der Waals surface area contributed by atoms with Gasteiger partial charge in [0.1, 0.15) is 17.9 Å². The van der Waals surface area contributed by atoms with E-state index in [0.717, 1.165) is 13.0 Å². The first-order valence-electron chi connectivity index (χ1n) is 6.44. The lowest BCUT2D eigenvalue weighted by Gasteiger charge is -2.32. The van der Waals surface area contributed by atoms with Gasteiger partial charge in [-0.2, -0.15) is 0 Å². The summed E-state index contributed by atoms with van der Waals surface area (Å²) < 4.78 is 5.68. The first-order chi connectivity index (χ1) is 9.08. The monoisotopic (exact) mass is 283 g/mol. The van der Waals surface area contributed by atoms with Crippen molar-refractivity contribution in [1.29, 1.82) is 0 Å². The number of hydrogen-bond acceptors (Lipinski definition) is 3. The van der Waals surface area contributed by atoms with E-state index in [1.54, 1.807) is 12.1 Å². The van der Waals surface area contributed by atoms with Gasteiger partial charge in [-0.15, -0.1) is 0 Å². The predicted molar refractivity (Wildman–Crippen MR) is 74.2 cm³/mol. The van der Waals surface area contributed by atoms with Crippen LogP contribution in [0.4, 0.5) is 0 Å². The second-order valence-electron chi connectivity index (χ2n) is 4.89. The Balaban J connectivity index is 2.05. The summed E-state index contributed by atoms with van der Waals surface area (Å²) in [6.07, 6.45) is 3.49. The number of aromatic carboxylic acids is 1. The number of hydrogen-bond donors (Lipinski definition) is 1. The highest BCUT2D eigenvalue weighted by atomic mass is 35.5. The van der Waals surface area contributed by atoms with Gasteiger partial charge in [-0.25, -0.2) is 4.79 Å². The number of likely N-dealkylation sites (tertiary alicyclic amines) is 1. The molecule has 2 rings (SSSR count). The SMILES string of the molecule is CN1CCCCC1COc1cc(Cl)ccc1C(=O)O. The van der Waals surface area contributed by atoms with Crippen LogP contribution in [0.5, 0.6) is 5.75 Å². The molecule has 1 aliphatic rings. The minimum atomic E-state index is -0.997. The number of carbonyl (C=O) groups is 1. The van der Waals surface area contributed by atoms with Crippen LogP contribution in [-0.4, -0.2) is 42.2 Å². The number of benzene rings is 1. The van der Waals surface area contributed by atoms with Crippen LogP contribution < -0.4 is 4.74 Å². The molecule has 1 unspecified atom stereocenters. The van der Waals surface area contributed by atoms with E-state index in [9.17, 15) is 4.79 Å². The molecule has 19 heavy (non-hydrogen) atoms. The van der Waals surface area contributed by atoms with Crippen molar-refractivity contribution in [1.82, 2.24) is 4.90 Å². The Morgan fingerprint density at radius 1 is 1.53 bits per heavy atom. The van der Waals surface area contributed by atoms with Crippen molar-refractivity contribution in [3.8, 4) is 5.75 Å². The van der Waals surface area contributed by atoms with Crippen LogP contribution in [0, 0.1) is 0 Å². The van der Waals surface area contributed by atoms with Gasteiger partial charge < -0.3 is 14.7 Å². The maximum Gasteiger partial charge on any atom is 0.339 e. The second-order valence-corrected chi connectivity index (χ2v) is 5.32. The number of piperidine rings is 1. The van der Waals surface area contributed by atoms with Gasteiger partial charge in [0, 0.05) is 11.1 Å². The Labute approximate surface area is 117 Å². The van der Waals surface area contributed by atoms with E-state index in [1.165, 1.54) is 18.9 Å². The maximum atomic E-state index is 11.1. The van der Waals surface area contributed by atoms with E-state index in [-0.39, 0.29) is 5.56 Å². The molecular formula is C14H18ClNO3. The molecule has 1 saturated heterocycles. The quantitative estimate of drug-likeness (QED) is 0.923. The minimum absolute atomic E-state index is 0.155. The third-order valence-electron chi connectivity index (χ3n) is 3.53. The molecule has 1 heterocycles. The molecule has 1 fully saturated rings. The summed E-state index contributed by atoms with van der Waals surface area (Å²) in [5.41, 5.74) is 0.155. The summed E-state index contributed by atoms with van der Waals surface area (Å²) in [6, 6.07) is 4.94. The highest BCUT2D eigenvalue weighted by Crippen LogP contribution is 2.25. The molecule has 0 bridgehead atoms. The Morgan fingerprint density at radius 2 is 2.32 bits per heavy atom. The number of carboxylic acid groups (broad SMARTS) is 1. The summed E-state index contributed by atoms with van der Waals surface area (Å²) in [5, 5.41) is 9.60. The van der Waals surface area contributed by atoms with Crippen LogP contribution in [-0.2, 0) is 0 Å². The molecule has 0 aliphatic carbocycles. The summed E-state index contributed by atoms with van der Waals surface area (Å²) in [7, 11) is 2.07. The summed E-state index contributed by atoms with van der Waals surface area (Å²) in [6.45, 7) is 1.56. The first kappa shape index (κ1) is 14.2. The van der Waals surface area contributed by atoms with Crippen LogP contribution in [0.1, 0.15) is 29.6 Å². The largest absolute Gasteiger partial charge is 0.491 e. The van der Waals surface area contributed by atoms with Gasteiger partial charge in [0.25, 0.3) is 0 Å². The normalized spacial score (nSPS) is 20.2. The minimum Gasteiger partial charge on any atom is -0.491 e. The zero-order valence-corrected chi connectivity index (χ0v) is 11.7. The van der Waals surface area contributed by atoms with Crippen molar-refractivity contribution in [3.63, 3.8) is 0 Å². The van der Waals surface area contributed by atoms with Crippen LogP contribution in [0.2, 0.25) is 5.02 Å². The number of nitrogens with zero attached hydrogens (tertiary/aromatic N) is 1. The highest BCUT2D eigenvalue weighted by Gasteiger charge is 2.20. The van der Waals surface area contributed by atoms with Gasteiger partial charge in [-0.1, -0.05) is 18.0 Å². The fourth-order valence-electron chi connectivity index (χ4n) is 2.33. The Morgan fingerprint density at radius 3 is 3.00 bits per heavy atom. The summed E-state index contributed by atoms with van der Waals surface area (Å²) in [4.78, 5) is 13.4. The highest BCUT2D eigenvalue weighted by molar-refractivity contribution is 6.30. The molecule has 0 radical (unpaired) electrons.